The molecule has 28 heavy (non-hydrogen) atoms. The molecule has 1 aromatic rings. The van der Waals surface area contributed by atoms with Crippen molar-refractivity contribution in [2.75, 3.05) is 0 Å². The van der Waals surface area contributed by atoms with Crippen molar-refractivity contribution >= 4 is 6.41 Å². The van der Waals surface area contributed by atoms with Gasteiger partial charge >= 0.3 is 0 Å². The van der Waals surface area contributed by atoms with Crippen LogP contribution in [0, 0.1) is 5.82 Å². The first-order valence-corrected chi connectivity index (χ1v) is 8.62. The number of allylic oxidation sites excluding steroid dienone is 6. The van der Waals surface area contributed by atoms with Crippen LogP contribution in [0.1, 0.15) is 18.4 Å². The summed E-state index contributed by atoms with van der Waals surface area (Å²) in [5.41, 5.74) is -0.476. The Morgan fingerprint density at radius 1 is 1.29 bits per heavy atom. The Bertz CT molecular complexity index is 823. The summed E-state index contributed by atoms with van der Waals surface area (Å²) >= 11 is 0. The Morgan fingerprint density at radius 3 is 2.50 bits per heavy atom. The lowest BCUT2D eigenvalue weighted by Gasteiger charge is -2.39. The molecule has 2 atom stereocenters. The predicted molar refractivity (Wildman–Crippen MR) is 102 cm³/mol. The molecule has 0 heterocycles. The third kappa shape index (κ3) is 4.68. The minimum atomic E-state index is -2.86. The van der Waals surface area contributed by atoms with Gasteiger partial charge in [0.05, 0.1) is 5.54 Å². The topological polar surface area (TPSA) is 29.1 Å². The zero-order chi connectivity index (χ0) is 20.7. The van der Waals surface area contributed by atoms with Gasteiger partial charge in [-0.2, -0.15) is 0 Å². The molecule has 0 saturated carbocycles. The maximum Gasteiger partial charge on any atom is 0.263 e. The highest BCUT2D eigenvalue weighted by atomic mass is 19.3. The van der Waals surface area contributed by atoms with Crippen LogP contribution in [-0.2, 0) is 10.3 Å². The highest BCUT2D eigenvalue weighted by Gasteiger charge is 2.39. The second-order valence-electron chi connectivity index (χ2n) is 6.39. The molecule has 0 spiro atoms. The van der Waals surface area contributed by atoms with Gasteiger partial charge in [-0.25, -0.2) is 17.6 Å². The van der Waals surface area contributed by atoms with E-state index < -0.39 is 29.5 Å². The molecule has 1 N–H and O–H groups in total. The maximum absolute atomic E-state index is 14.3. The predicted octanol–water partition coefficient (Wildman–Crippen LogP) is 5.32. The maximum atomic E-state index is 14.3. The van der Waals surface area contributed by atoms with E-state index >= 15 is 0 Å². The minimum absolute atomic E-state index is 0.0992. The molecule has 6 heteroatoms. The van der Waals surface area contributed by atoms with Crippen LogP contribution in [0.3, 0.4) is 0 Å². The van der Waals surface area contributed by atoms with Gasteiger partial charge in [0.2, 0.25) is 6.41 Å². The van der Waals surface area contributed by atoms with Crippen LogP contribution in [0.15, 0.2) is 84.5 Å². The summed E-state index contributed by atoms with van der Waals surface area (Å²) in [4.78, 5) is 11.5. The van der Waals surface area contributed by atoms with Gasteiger partial charge in [0.1, 0.15) is 12.0 Å². The smallest absolute Gasteiger partial charge is 0.263 e. The molecular formula is C22H21F4NO. The van der Waals surface area contributed by atoms with Crippen molar-refractivity contribution in [2.24, 2.45) is 0 Å². The van der Waals surface area contributed by atoms with Crippen LogP contribution in [0.4, 0.5) is 17.6 Å². The van der Waals surface area contributed by atoms with Gasteiger partial charge < -0.3 is 5.32 Å². The van der Waals surface area contributed by atoms with Crippen molar-refractivity contribution in [1.82, 2.24) is 5.32 Å². The number of halogens is 4. The van der Waals surface area contributed by atoms with Crippen molar-refractivity contribution in [3.63, 3.8) is 0 Å². The van der Waals surface area contributed by atoms with Crippen LogP contribution in [0.25, 0.3) is 0 Å². The molecule has 0 saturated heterocycles. The number of hydrogen-bond donors (Lipinski definition) is 1. The standard InChI is InChI=1S/C22H21F4NO/c1-3-5-15(4-2)13-22(27-14-28,17-6-8-19(23)9-7-17)18-10-16(21(25)26)11-20(24)12-18/h3-11,14,20-21H,1-2,12-13H2,(H,27,28)/b15-5+/t20?,22-/m1/s1. The average molecular weight is 391 g/mol. The number of carbonyl (C=O) groups excluding carboxylic acids is 1. The lowest BCUT2D eigenvalue weighted by Crippen LogP contribution is -2.45. The Kier molecular flexibility index (Phi) is 7.15. The summed E-state index contributed by atoms with van der Waals surface area (Å²) in [5, 5.41) is 2.67. The van der Waals surface area contributed by atoms with E-state index in [-0.39, 0.29) is 18.4 Å². The normalized spacial score (nSPS) is 19.3. The van der Waals surface area contributed by atoms with Crippen LogP contribution in [0.5, 0.6) is 0 Å². The number of carbonyl (C=O) groups is 1. The second-order valence-corrected chi connectivity index (χ2v) is 6.39. The number of hydrogen-bond acceptors (Lipinski definition) is 1. The van der Waals surface area contributed by atoms with Gasteiger partial charge in [0.25, 0.3) is 6.43 Å². The fraction of sp³-hybridized carbons (Fsp3) is 0.227. The molecule has 0 aliphatic heterocycles. The van der Waals surface area contributed by atoms with Crippen LogP contribution >= 0.6 is 0 Å². The first kappa shape index (κ1) is 21.4. The van der Waals surface area contributed by atoms with E-state index in [4.69, 9.17) is 0 Å². The highest BCUT2D eigenvalue weighted by molar-refractivity contribution is 5.56. The molecule has 1 aliphatic rings. The summed E-state index contributed by atoms with van der Waals surface area (Å²) in [6, 6.07) is 5.27. The zero-order valence-electron chi connectivity index (χ0n) is 15.2. The summed E-state index contributed by atoms with van der Waals surface area (Å²) in [6.07, 6.45) is 2.62. The number of alkyl halides is 3. The monoisotopic (exact) mass is 391 g/mol. The van der Waals surface area contributed by atoms with Gasteiger partial charge in [-0.1, -0.05) is 49.6 Å². The number of benzene rings is 1. The fourth-order valence-corrected chi connectivity index (χ4v) is 3.34. The fourth-order valence-electron chi connectivity index (χ4n) is 3.34. The number of nitrogens with one attached hydrogen (secondary N) is 1. The van der Waals surface area contributed by atoms with Crippen molar-refractivity contribution in [3.8, 4) is 0 Å². The molecule has 1 amide bonds. The van der Waals surface area contributed by atoms with Gasteiger partial charge in [0.15, 0.2) is 0 Å². The van der Waals surface area contributed by atoms with Crippen LogP contribution in [0.2, 0.25) is 0 Å². The molecule has 1 unspecified atom stereocenters. The largest absolute Gasteiger partial charge is 0.345 e. The molecular weight excluding hydrogens is 370 g/mol. The molecule has 0 fully saturated rings. The Balaban J connectivity index is 2.71. The molecule has 0 radical (unpaired) electrons. The van der Waals surface area contributed by atoms with E-state index in [1.807, 2.05) is 0 Å². The third-order valence-corrected chi connectivity index (χ3v) is 4.64. The second kappa shape index (κ2) is 9.35. The zero-order valence-corrected chi connectivity index (χ0v) is 15.2. The van der Waals surface area contributed by atoms with Crippen LogP contribution in [-0.4, -0.2) is 19.0 Å². The first-order chi connectivity index (χ1) is 13.4. The molecule has 2 rings (SSSR count). The van der Waals surface area contributed by atoms with Gasteiger partial charge in [0, 0.05) is 18.4 Å². The van der Waals surface area contributed by atoms with E-state index in [0.717, 1.165) is 6.08 Å². The average Bonchev–Trinajstić information content (AvgIpc) is 2.67. The van der Waals surface area contributed by atoms with Crippen molar-refractivity contribution < 1.29 is 22.4 Å². The van der Waals surface area contributed by atoms with E-state index in [1.54, 1.807) is 6.08 Å². The van der Waals surface area contributed by atoms with E-state index in [9.17, 15) is 22.4 Å². The third-order valence-electron chi connectivity index (χ3n) is 4.64. The van der Waals surface area contributed by atoms with Gasteiger partial charge in [-0.15, -0.1) is 0 Å². The Labute approximate surface area is 161 Å². The number of amides is 1. The molecule has 0 bridgehead atoms. The summed E-state index contributed by atoms with van der Waals surface area (Å²) < 4.78 is 54.3. The van der Waals surface area contributed by atoms with Crippen molar-refractivity contribution in [1.29, 1.82) is 0 Å². The molecule has 2 nitrogen and oxygen atoms in total. The highest BCUT2D eigenvalue weighted by Crippen LogP contribution is 2.41. The van der Waals surface area contributed by atoms with E-state index in [1.165, 1.54) is 42.5 Å². The van der Waals surface area contributed by atoms with E-state index in [2.05, 4.69) is 18.5 Å². The van der Waals surface area contributed by atoms with Gasteiger partial charge in [-0.05, 0) is 34.9 Å². The summed E-state index contributed by atoms with van der Waals surface area (Å²) in [6.45, 7) is 7.34. The minimum Gasteiger partial charge on any atom is -0.345 e. The first-order valence-electron chi connectivity index (χ1n) is 8.62. The lowest BCUT2D eigenvalue weighted by atomic mass is 9.73. The molecule has 1 aliphatic carbocycles. The van der Waals surface area contributed by atoms with Crippen LogP contribution < -0.4 is 5.32 Å². The number of rotatable bonds is 9. The molecule has 148 valence electrons. The van der Waals surface area contributed by atoms with E-state index in [0.29, 0.717) is 17.5 Å². The quantitative estimate of drug-likeness (QED) is 0.345. The van der Waals surface area contributed by atoms with Crippen molar-refractivity contribution in [2.45, 2.75) is 31.0 Å². The molecule has 1 aromatic carbocycles. The SMILES string of the molecule is C=C/C=C(\C=C)C[C@](NC=O)(C1=CC(C(F)F)=CC(F)C1)c1ccc(F)cc1. The Hall–Kier alpha value is -2.89. The van der Waals surface area contributed by atoms with Gasteiger partial charge in [-0.3, -0.25) is 4.79 Å². The Morgan fingerprint density at radius 2 is 1.96 bits per heavy atom. The van der Waals surface area contributed by atoms with Crippen molar-refractivity contribution in [3.05, 3.63) is 95.9 Å². The molecule has 0 aromatic heterocycles. The summed E-state index contributed by atoms with van der Waals surface area (Å²) in [7, 11) is 0. The summed E-state index contributed by atoms with van der Waals surface area (Å²) in [5.74, 6) is -0.497. The lowest BCUT2D eigenvalue weighted by molar-refractivity contribution is -0.111.